The molecule has 14 heavy (non-hydrogen) atoms. The van der Waals surface area contributed by atoms with Gasteiger partial charge in [0.05, 0.1) is 6.04 Å². The van der Waals surface area contributed by atoms with Crippen molar-refractivity contribution < 1.29 is 29.0 Å². The van der Waals surface area contributed by atoms with Gasteiger partial charge in [0.2, 0.25) is 0 Å². The highest BCUT2D eigenvalue weighted by atomic mass is 31.2. The van der Waals surface area contributed by atoms with Gasteiger partial charge in [-0.3, -0.25) is 14.2 Å². The lowest BCUT2D eigenvalue weighted by Crippen LogP contribution is -2.34. The minimum atomic E-state index is -4.78. The summed E-state index contributed by atoms with van der Waals surface area (Å²) in [7, 11) is -3.45. The Kier molecular flexibility index (Phi) is 4.93. The molecule has 0 bridgehead atoms. The van der Waals surface area contributed by atoms with Gasteiger partial charge >= 0.3 is 13.6 Å². The molecule has 0 spiro atoms. The summed E-state index contributed by atoms with van der Waals surface area (Å²) in [6.07, 6.45) is -0.465. The molecule has 0 rings (SSSR count). The second-order valence-electron chi connectivity index (χ2n) is 2.66. The van der Waals surface area contributed by atoms with E-state index in [4.69, 9.17) is 14.9 Å². The van der Waals surface area contributed by atoms with Crippen LogP contribution in [0.2, 0.25) is 0 Å². The molecule has 0 aliphatic heterocycles. The minimum absolute atomic E-state index is 0.143. The first kappa shape index (κ1) is 13.2. The lowest BCUT2D eigenvalue weighted by Gasteiger charge is -2.13. The molecule has 0 radical (unpaired) electrons. The van der Waals surface area contributed by atoms with Gasteiger partial charge in [0.15, 0.2) is 0 Å². The van der Waals surface area contributed by atoms with Crippen LogP contribution in [-0.4, -0.2) is 39.5 Å². The van der Waals surface area contributed by atoms with Gasteiger partial charge in [0.1, 0.15) is 0 Å². The first-order valence-corrected chi connectivity index (χ1v) is 5.39. The van der Waals surface area contributed by atoms with Gasteiger partial charge in [-0.1, -0.05) is 0 Å². The van der Waals surface area contributed by atoms with E-state index in [9.17, 15) is 14.2 Å². The van der Waals surface area contributed by atoms with E-state index < -0.39 is 25.1 Å². The van der Waals surface area contributed by atoms with Crippen LogP contribution in [0.25, 0.3) is 0 Å². The molecule has 0 aromatic heterocycles. The van der Waals surface area contributed by atoms with Crippen LogP contribution in [0.15, 0.2) is 0 Å². The van der Waals surface area contributed by atoms with Crippen molar-refractivity contribution in [2.24, 2.45) is 0 Å². The molecule has 0 amide bonds. The first-order chi connectivity index (χ1) is 6.29. The van der Waals surface area contributed by atoms with Crippen molar-refractivity contribution in [1.29, 1.82) is 0 Å². The van der Waals surface area contributed by atoms with Crippen LogP contribution < -0.4 is 5.32 Å². The summed E-state index contributed by atoms with van der Waals surface area (Å²) in [5.41, 5.74) is -1.28. The number of hydrogen-bond donors (Lipinski definition) is 4. The van der Waals surface area contributed by atoms with E-state index in [1.807, 2.05) is 0 Å². The van der Waals surface area contributed by atoms with Crippen LogP contribution in [0, 0.1) is 0 Å². The number of aliphatic carboxylic acids is 1. The Balaban J connectivity index is 4.35. The van der Waals surface area contributed by atoms with Crippen molar-refractivity contribution in [1.82, 2.24) is 5.32 Å². The summed E-state index contributed by atoms with van der Waals surface area (Å²) >= 11 is 0. The third-order valence-electron chi connectivity index (χ3n) is 1.58. The summed E-state index contributed by atoms with van der Waals surface area (Å²) in [6.45, 7) is 0. The van der Waals surface area contributed by atoms with Gasteiger partial charge in [-0.25, -0.2) is 0 Å². The van der Waals surface area contributed by atoms with Crippen molar-refractivity contribution in [3.63, 3.8) is 0 Å². The molecule has 0 aliphatic rings. The quantitative estimate of drug-likeness (QED) is 0.433. The van der Waals surface area contributed by atoms with Gasteiger partial charge in [-0.15, -0.1) is 0 Å². The lowest BCUT2D eigenvalue weighted by atomic mass is 10.2. The number of rotatable bonds is 6. The van der Waals surface area contributed by atoms with E-state index in [-0.39, 0.29) is 12.8 Å². The zero-order valence-electron chi connectivity index (χ0n) is 7.51. The fourth-order valence-corrected chi connectivity index (χ4v) is 1.53. The number of carbonyl (C=O) groups excluding carboxylic acids is 1. The maximum Gasteiger partial charge on any atom is 0.393 e. The van der Waals surface area contributed by atoms with Gasteiger partial charge in [0.25, 0.3) is 5.52 Å². The van der Waals surface area contributed by atoms with Crippen LogP contribution in [0.3, 0.4) is 0 Å². The SMILES string of the molecule is CN[C@@H](CCC(=O)O)C(=O)P(=O)(O)O. The van der Waals surface area contributed by atoms with Gasteiger partial charge in [-0.2, -0.15) is 0 Å². The fraction of sp³-hybridized carbons (Fsp3) is 0.667. The third kappa shape index (κ3) is 4.48. The van der Waals surface area contributed by atoms with Crippen LogP contribution in [-0.2, 0) is 14.2 Å². The zero-order valence-corrected chi connectivity index (χ0v) is 8.40. The molecule has 8 heteroatoms. The molecule has 0 fully saturated rings. The molecule has 0 aliphatic carbocycles. The fourth-order valence-electron chi connectivity index (χ4n) is 0.862. The molecule has 0 saturated heterocycles. The average Bonchev–Trinajstić information content (AvgIpc) is 2.03. The van der Waals surface area contributed by atoms with Crippen molar-refractivity contribution >= 4 is 19.1 Å². The summed E-state index contributed by atoms with van der Waals surface area (Å²) in [5.74, 6) is -1.12. The molecule has 0 aromatic rings. The normalized spacial score (nSPS) is 13.6. The van der Waals surface area contributed by atoms with Crippen molar-refractivity contribution in [3.05, 3.63) is 0 Å². The van der Waals surface area contributed by atoms with Gasteiger partial charge < -0.3 is 20.2 Å². The molecule has 1 atom stereocenters. The second kappa shape index (κ2) is 5.21. The van der Waals surface area contributed by atoms with Crippen molar-refractivity contribution in [2.75, 3.05) is 7.05 Å². The predicted octanol–water partition coefficient (Wildman–Crippen LogP) is -0.857. The van der Waals surface area contributed by atoms with E-state index in [1.54, 1.807) is 0 Å². The predicted molar refractivity (Wildman–Crippen MR) is 46.8 cm³/mol. The number of likely N-dealkylation sites (N-methyl/N-ethyl adjacent to an activating group) is 1. The maximum atomic E-state index is 11.0. The number of carboxylic acids is 1. The molecule has 0 heterocycles. The number of hydrogen-bond acceptors (Lipinski definition) is 4. The van der Waals surface area contributed by atoms with Crippen LogP contribution >= 0.6 is 7.60 Å². The Bertz CT molecular complexity index is 271. The van der Waals surface area contributed by atoms with E-state index in [2.05, 4.69) is 5.32 Å². The Morgan fingerprint density at radius 2 is 1.93 bits per heavy atom. The molecule has 7 nitrogen and oxygen atoms in total. The summed E-state index contributed by atoms with van der Waals surface area (Å²) in [4.78, 5) is 38.2. The highest BCUT2D eigenvalue weighted by molar-refractivity contribution is 7.70. The largest absolute Gasteiger partial charge is 0.481 e. The Morgan fingerprint density at radius 3 is 2.21 bits per heavy atom. The van der Waals surface area contributed by atoms with E-state index in [0.717, 1.165) is 0 Å². The topological polar surface area (TPSA) is 124 Å². The third-order valence-corrected chi connectivity index (χ3v) is 2.47. The summed E-state index contributed by atoms with van der Waals surface area (Å²) in [5, 5.41) is 10.7. The van der Waals surface area contributed by atoms with Crippen molar-refractivity contribution in [3.8, 4) is 0 Å². The minimum Gasteiger partial charge on any atom is -0.481 e. The Morgan fingerprint density at radius 1 is 1.43 bits per heavy atom. The van der Waals surface area contributed by atoms with E-state index >= 15 is 0 Å². The second-order valence-corrected chi connectivity index (χ2v) is 4.18. The molecule has 0 aromatic carbocycles. The number of carbonyl (C=O) groups is 2. The number of carboxylic acid groups (broad SMARTS) is 1. The highest BCUT2D eigenvalue weighted by Crippen LogP contribution is 2.37. The van der Waals surface area contributed by atoms with Gasteiger partial charge in [0, 0.05) is 6.42 Å². The zero-order chi connectivity index (χ0) is 11.4. The van der Waals surface area contributed by atoms with E-state index in [0.29, 0.717) is 0 Å². The van der Waals surface area contributed by atoms with Crippen LogP contribution in [0.1, 0.15) is 12.8 Å². The smallest absolute Gasteiger partial charge is 0.393 e. The molecule has 0 saturated carbocycles. The standard InChI is InChI=1S/C6H12NO6P/c1-7-4(2-3-5(8)9)6(10)14(11,12)13/h4,7H,2-3H2,1H3,(H,8,9)(H2,11,12,13)/t4-/m0/s1. The molecular weight excluding hydrogens is 213 g/mol. The van der Waals surface area contributed by atoms with Crippen molar-refractivity contribution in [2.45, 2.75) is 18.9 Å². The molecule has 0 unspecified atom stereocenters. The monoisotopic (exact) mass is 225 g/mol. The molecule has 82 valence electrons. The maximum absolute atomic E-state index is 11.0. The Labute approximate surface area is 80.3 Å². The highest BCUT2D eigenvalue weighted by Gasteiger charge is 2.32. The summed E-state index contributed by atoms with van der Waals surface area (Å²) in [6, 6.07) is -1.12. The summed E-state index contributed by atoms with van der Waals surface area (Å²) < 4.78 is 10.5. The van der Waals surface area contributed by atoms with Crippen LogP contribution in [0.4, 0.5) is 0 Å². The Hall–Kier alpha value is -0.750. The first-order valence-electron chi connectivity index (χ1n) is 3.78. The van der Waals surface area contributed by atoms with E-state index in [1.165, 1.54) is 7.05 Å². The molecule has 4 N–H and O–H groups in total. The lowest BCUT2D eigenvalue weighted by molar-refractivity contribution is -0.137. The average molecular weight is 225 g/mol. The van der Waals surface area contributed by atoms with Gasteiger partial charge in [-0.05, 0) is 13.5 Å². The molecular formula is C6H12NO6P. The number of nitrogens with one attached hydrogen (secondary N) is 1. The van der Waals surface area contributed by atoms with Crippen LogP contribution in [0.5, 0.6) is 0 Å².